The second kappa shape index (κ2) is 15.1. The molecule has 0 aromatic heterocycles. The van der Waals surface area contributed by atoms with Crippen LogP contribution in [0, 0.1) is 0 Å². The Morgan fingerprint density at radius 1 is 0.579 bits per heavy atom. The van der Waals surface area contributed by atoms with Gasteiger partial charge in [-0.1, -0.05) is 113 Å². The topological polar surface area (TPSA) is 127 Å². The van der Waals surface area contributed by atoms with Crippen molar-refractivity contribution in [2.75, 3.05) is 13.2 Å². The molecule has 2 atom stereocenters. The van der Waals surface area contributed by atoms with E-state index < -0.39 is 34.7 Å². The Balaban J connectivity index is 2.57. The standard InChI is InChI=1S/C30H38O8/c1-3-5-7-15-21-37-27(33)29(35,25(31)23-17-11-9-12-18-23)30(36,26(32)24-19-13-10-14-20-24)28(34)38-22-16-8-6-4-2/h9-14,17-20,35-36H,3-8,15-16,21-22H2,1-2H3. The number of ether oxygens (including phenoxy) is 2. The quantitative estimate of drug-likeness (QED) is 0.134. The average molecular weight is 527 g/mol. The molecule has 8 heteroatoms. The minimum absolute atomic E-state index is 0.176. The Morgan fingerprint density at radius 2 is 0.921 bits per heavy atom. The van der Waals surface area contributed by atoms with Gasteiger partial charge in [-0.3, -0.25) is 9.59 Å². The van der Waals surface area contributed by atoms with E-state index >= 15 is 0 Å². The third kappa shape index (κ3) is 7.14. The number of benzene rings is 2. The predicted molar refractivity (Wildman–Crippen MR) is 142 cm³/mol. The lowest BCUT2D eigenvalue weighted by atomic mass is 9.73. The predicted octanol–water partition coefficient (Wildman–Crippen LogP) is 4.46. The maximum absolute atomic E-state index is 13.7. The molecule has 0 aliphatic rings. The number of unbranched alkanes of at least 4 members (excludes halogenated alkanes) is 6. The summed E-state index contributed by atoms with van der Waals surface area (Å²) >= 11 is 0. The molecule has 2 aromatic carbocycles. The third-order valence-corrected chi connectivity index (χ3v) is 6.31. The molecular weight excluding hydrogens is 488 g/mol. The first kappa shape index (κ1) is 30.9. The van der Waals surface area contributed by atoms with E-state index in [-0.39, 0.29) is 24.3 Å². The number of hydrogen-bond donors (Lipinski definition) is 2. The summed E-state index contributed by atoms with van der Waals surface area (Å²) in [6.45, 7) is 3.66. The minimum Gasteiger partial charge on any atom is -0.463 e. The van der Waals surface area contributed by atoms with Gasteiger partial charge in [0.05, 0.1) is 13.2 Å². The number of rotatable bonds is 17. The van der Waals surface area contributed by atoms with Crippen molar-refractivity contribution in [3.8, 4) is 0 Å². The Hall–Kier alpha value is -3.36. The highest BCUT2D eigenvalue weighted by atomic mass is 16.6. The number of ketones is 2. The molecule has 0 aliphatic heterocycles. The van der Waals surface area contributed by atoms with E-state index in [2.05, 4.69) is 0 Å². The lowest BCUT2D eigenvalue weighted by Gasteiger charge is -2.37. The van der Waals surface area contributed by atoms with E-state index in [4.69, 9.17) is 9.47 Å². The first-order chi connectivity index (χ1) is 18.2. The SMILES string of the molecule is CCCCCCOC(=O)C(O)(C(=O)c1ccccc1)C(O)(C(=O)OCCCCCC)C(=O)c1ccccc1. The first-order valence-electron chi connectivity index (χ1n) is 13.2. The zero-order valence-corrected chi connectivity index (χ0v) is 22.2. The largest absolute Gasteiger partial charge is 0.463 e. The summed E-state index contributed by atoms with van der Waals surface area (Å²) in [5, 5.41) is 23.5. The lowest BCUT2D eigenvalue weighted by molar-refractivity contribution is -0.194. The molecule has 0 spiro atoms. The van der Waals surface area contributed by atoms with Crippen molar-refractivity contribution in [2.45, 2.75) is 76.4 Å². The number of Topliss-reactive ketones (excluding diaryl/α,β-unsaturated/α-hetero) is 2. The van der Waals surface area contributed by atoms with Gasteiger partial charge in [-0.15, -0.1) is 0 Å². The number of carbonyl (C=O) groups is 4. The van der Waals surface area contributed by atoms with Crippen molar-refractivity contribution >= 4 is 23.5 Å². The smallest absolute Gasteiger partial charge is 0.350 e. The fraction of sp³-hybridized carbons (Fsp3) is 0.467. The first-order valence-corrected chi connectivity index (χ1v) is 13.2. The fourth-order valence-electron chi connectivity index (χ4n) is 4.00. The van der Waals surface area contributed by atoms with Crippen LogP contribution in [0.15, 0.2) is 60.7 Å². The fourth-order valence-corrected chi connectivity index (χ4v) is 4.00. The molecule has 206 valence electrons. The summed E-state index contributed by atoms with van der Waals surface area (Å²) in [6, 6.07) is 14.3. The van der Waals surface area contributed by atoms with E-state index in [0.29, 0.717) is 12.8 Å². The molecular formula is C30H38O8. The Labute approximate surface area is 224 Å². The van der Waals surface area contributed by atoms with E-state index in [1.807, 2.05) is 13.8 Å². The zero-order valence-electron chi connectivity index (χ0n) is 22.2. The average Bonchev–Trinajstić information content (AvgIpc) is 2.95. The molecule has 2 rings (SSSR count). The van der Waals surface area contributed by atoms with Gasteiger partial charge in [0.15, 0.2) is 0 Å². The van der Waals surface area contributed by atoms with Gasteiger partial charge in [-0.05, 0) is 12.8 Å². The van der Waals surface area contributed by atoms with Crippen molar-refractivity contribution in [3.05, 3.63) is 71.8 Å². The normalized spacial score (nSPS) is 14.1. The van der Waals surface area contributed by atoms with Crippen LogP contribution in [0.4, 0.5) is 0 Å². The molecule has 0 fully saturated rings. The monoisotopic (exact) mass is 526 g/mol. The van der Waals surface area contributed by atoms with Gasteiger partial charge in [0, 0.05) is 11.1 Å². The molecule has 2 N–H and O–H groups in total. The Bertz CT molecular complexity index is 967. The molecule has 8 nitrogen and oxygen atoms in total. The van der Waals surface area contributed by atoms with Crippen LogP contribution >= 0.6 is 0 Å². The molecule has 0 bridgehead atoms. The van der Waals surface area contributed by atoms with Gasteiger partial charge in [-0.25, -0.2) is 9.59 Å². The zero-order chi connectivity index (χ0) is 28.0. The minimum atomic E-state index is -3.60. The molecule has 0 saturated carbocycles. The highest BCUT2D eigenvalue weighted by molar-refractivity contribution is 6.28. The van der Waals surface area contributed by atoms with Crippen LogP contribution in [0.25, 0.3) is 0 Å². The van der Waals surface area contributed by atoms with E-state index in [1.54, 1.807) is 12.1 Å². The molecule has 38 heavy (non-hydrogen) atoms. The molecule has 0 radical (unpaired) electrons. The van der Waals surface area contributed by atoms with Crippen LogP contribution < -0.4 is 0 Å². The van der Waals surface area contributed by atoms with Crippen LogP contribution in [0.2, 0.25) is 0 Å². The summed E-state index contributed by atoms with van der Waals surface area (Å²) in [5.41, 5.74) is -7.61. The lowest BCUT2D eigenvalue weighted by Crippen LogP contribution is -2.72. The Morgan fingerprint density at radius 3 is 1.24 bits per heavy atom. The maximum Gasteiger partial charge on any atom is 0.350 e. The second-order valence-electron chi connectivity index (χ2n) is 9.20. The molecule has 2 unspecified atom stereocenters. The van der Waals surface area contributed by atoms with Gasteiger partial charge in [0.1, 0.15) is 0 Å². The highest BCUT2D eigenvalue weighted by Crippen LogP contribution is 2.34. The third-order valence-electron chi connectivity index (χ3n) is 6.31. The van der Waals surface area contributed by atoms with Crippen molar-refractivity contribution in [1.29, 1.82) is 0 Å². The van der Waals surface area contributed by atoms with E-state index in [0.717, 1.165) is 38.5 Å². The number of esters is 2. The summed E-state index contributed by atoms with van der Waals surface area (Å²) in [7, 11) is 0. The summed E-state index contributed by atoms with van der Waals surface area (Å²) < 4.78 is 10.4. The maximum atomic E-state index is 13.7. The van der Waals surface area contributed by atoms with Gasteiger partial charge in [0.2, 0.25) is 11.6 Å². The summed E-state index contributed by atoms with van der Waals surface area (Å²) in [5.74, 6) is -5.91. The molecule has 0 amide bonds. The van der Waals surface area contributed by atoms with E-state index in [1.165, 1.54) is 48.5 Å². The second-order valence-corrected chi connectivity index (χ2v) is 9.20. The van der Waals surface area contributed by atoms with Crippen LogP contribution in [0.1, 0.15) is 85.9 Å². The van der Waals surface area contributed by atoms with Crippen LogP contribution in [0.5, 0.6) is 0 Å². The van der Waals surface area contributed by atoms with Crippen molar-refractivity contribution in [2.24, 2.45) is 0 Å². The van der Waals surface area contributed by atoms with E-state index in [9.17, 15) is 29.4 Å². The summed E-state index contributed by atoms with van der Waals surface area (Å²) in [4.78, 5) is 54.2. The van der Waals surface area contributed by atoms with Crippen LogP contribution in [0.3, 0.4) is 0 Å². The molecule has 0 saturated heterocycles. The number of carbonyl (C=O) groups excluding carboxylic acids is 4. The van der Waals surface area contributed by atoms with Gasteiger partial charge < -0.3 is 19.7 Å². The molecule has 0 aliphatic carbocycles. The Kier molecular flexibility index (Phi) is 12.3. The van der Waals surface area contributed by atoms with Gasteiger partial charge in [-0.2, -0.15) is 0 Å². The van der Waals surface area contributed by atoms with Gasteiger partial charge in [0.25, 0.3) is 11.2 Å². The molecule has 0 heterocycles. The van der Waals surface area contributed by atoms with Crippen LogP contribution in [-0.4, -0.2) is 58.1 Å². The van der Waals surface area contributed by atoms with Crippen molar-refractivity contribution in [3.63, 3.8) is 0 Å². The van der Waals surface area contributed by atoms with Crippen LogP contribution in [-0.2, 0) is 19.1 Å². The number of hydrogen-bond acceptors (Lipinski definition) is 8. The van der Waals surface area contributed by atoms with Crippen molar-refractivity contribution < 1.29 is 38.9 Å². The summed E-state index contributed by atoms with van der Waals surface area (Å²) in [6.07, 6.45) is 5.94. The number of aliphatic hydroxyl groups is 2. The molecule has 2 aromatic rings. The highest BCUT2D eigenvalue weighted by Gasteiger charge is 2.70. The van der Waals surface area contributed by atoms with Crippen molar-refractivity contribution in [1.82, 2.24) is 0 Å². The van der Waals surface area contributed by atoms with Gasteiger partial charge >= 0.3 is 11.9 Å².